The Labute approximate surface area is 176 Å². The number of nitrogens with two attached hydrogens (primary N) is 1. The molecule has 1 atom stereocenters. The van der Waals surface area contributed by atoms with E-state index >= 15 is 0 Å². The Morgan fingerprint density at radius 2 is 1.97 bits per heavy atom. The molecule has 0 saturated heterocycles. The van der Waals surface area contributed by atoms with Crippen molar-refractivity contribution in [3.8, 4) is 11.5 Å². The molecule has 0 spiro atoms. The number of nitrogen functional groups attached to an aromatic ring is 1. The maximum atomic E-state index is 11.5. The number of nitrogens with zero attached hydrogens (tertiary/aromatic N) is 3. The van der Waals surface area contributed by atoms with E-state index in [-0.39, 0.29) is 11.9 Å². The molecule has 2 aromatic heterocycles. The normalized spacial score (nSPS) is 12.9. The molecule has 30 heavy (non-hydrogen) atoms. The van der Waals surface area contributed by atoms with Gasteiger partial charge in [-0.3, -0.25) is 4.79 Å². The minimum atomic E-state index is -0.406. The molecule has 0 bridgehead atoms. The van der Waals surface area contributed by atoms with Gasteiger partial charge in [0.25, 0.3) is 0 Å². The van der Waals surface area contributed by atoms with E-state index in [0.717, 1.165) is 19.3 Å². The van der Waals surface area contributed by atoms with Crippen LogP contribution in [0.15, 0.2) is 42.6 Å². The predicted octanol–water partition coefficient (Wildman–Crippen LogP) is 3.90. The first-order chi connectivity index (χ1) is 14.4. The molecule has 1 amide bonds. The first-order valence-electron chi connectivity index (χ1n) is 10.1. The van der Waals surface area contributed by atoms with Crippen molar-refractivity contribution in [2.75, 3.05) is 17.6 Å². The van der Waals surface area contributed by atoms with E-state index in [1.54, 1.807) is 12.3 Å². The second-order valence-electron chi connectivity index (χ2n) is 7.58. The molecule has 0 aliphatic carbocycles. The Morgan fingerprint density at radius 1 is 1.20 bits per heavy atom. The van der Waals surface area contributed by atoms with Crippen molar-refractivity contribution < 1.29 is 9.53 Å². The smallest absolute Gasteiger partial charge is 0.222 e. The van der Waals surface area contributed by atoms with Gasteiger partial charge in [-0.25, -0.2) is 9.97 Å². The van der Waals surface area contributed by atoms with Gasteiger partial charge in [0, 0.05) is 19.5 Å². The van der Waals surface area contributed by atoms with Gasteiger partial charge in [-0.1, -0.05) is 38.0 Å². The molecular formula is C22H28N6O2. The molecule has 1 aromatic carbocycles. The molecule has 0 fully saturated rings. The zero-order valence-electron chi connectivity index (χ0n) is 17.6. The summed E-state index contributed by atoms with van der Waals surface area (Å²) >= 11 is 0. The van der Waals surface area contributed by atoms with Crippen LogP contribution in [-0.2, 0) is 4.79 Å². The van der Waals surface area contributed by atoms with Crippen LogP contribution in [-0.4, -0.2) is 32.9 Å². The summed E-state index contributed by atoms with van der Waals surface area (Å²) in [6, 6.07) is 11.2. The summed E-state index contributed by atoms with van der Waals surface area (Å²) in [6.45, 7) is 6.15. The Hall–Kier alpha value is -3.42. The number of unbranched alkanes of at least 4 members (excludes halogenated alkanes) is 1. The number of carbonyl (C=O) groups excluding carboxylic acids is 1. The second-order valence-corrected chi connectivity index (χ2v) is 7.58. The van der Waals surface area contributed by atoms with E-state index in [4.69, 9.17) is 10.5 Å². The molecule has 4 N–H and O–H groups in total. The first kappa shape index (κ1) is 21.3. The largest absolute Gasteiger partial charge is 0.456 e. The summed E-state index contributed by atoms with van der Waals surface area (Å²) in [4.78, 5) is 24.7. The van der Waals surface area contributed by atoms with Crippen molar-refractivity contribution in [3.05, 3.63) is 42.6 Å². The number of aromatic nitrogens is 3. The minimum Gasteiger partial charge on any atom is -0.456 e. The number of anilines is 2. The number of para-hydroxylation sites is 1. The number of ether oxygens (including phenoxy) is 1. The van der Waals surface area contributed by atoms with E-state index in [0.29, 0.717) is 34.9 Å². The van der Waals surface area contributed by atoms with E-state index < -0.39 is 5.54 Å². The van der Waals surface area contributed by atoms with Gasteiger partial charge in [-0.05, 0) is 25.5 Å². The van der Waals surface area contributed by atoms with Gasteiger partial charge in [0.15, 0.2) is 5.82 Å². The maximum Gasteiger partial charge on any atom is 0.222 e. The molecule has 3 rings (SSSR count). The highest BCUT2D eigenvalue weighted by molar-refractivity contribution is 5.87. The van der Waals surface area contributed by atoms with Crippen molar-refractivity contribution >= 4 is 28.7 Å². The van der Waals surface area contributed by atoms with Crippen LogP contribution in [0.1, 0.15) is 40.0 Å². The summed E-state index contributed by atoms with van der Waals surface area (Å²) in [6.07, 6.45) is 4.54. The monoisotopic (exact) mass is 408 g/mol. The first-order valence-corrected chi connectivity index (χ1v) is 10.1. The number of pyridine rings is 1. The lowest BCUT2D eigenvalue weighted by Crippen LogP contribution is -2.46. The fourth-order valence-electron chi connectivity index (χ4n) is 3.15. The number of fused-ring (bicyclic) bond motifs is 1. The van der Waals surface area contributed by atoms with E-state index in [9.17, 15) is 4.79 Å². The zero-order valence-corrected chi connectivity index (χ0v) is 17.6. The van der Waals surface area contributed by atoms with Gasteiger partial charge in [0.05, 0.1) is 11.7 Å². The van der Waals surface area contributed by atoms with Crippen LogP contribution >= 0.6 is 0 Å². The maximum absolute atomic E-state index is 11.5. The number of hydrogen-bond donors (Lipinski definition) is 3. The van der Waals surface area contributed by atoms with Crippen LogP contribution in [0.3, 0.4) is 0 Å². The average Bonchev–Trinajstić information content (AvgIpc) is 2.71. The molecule has 8 heteroatoms. The van der Waals surface area contributed by atoms with Crippen molar-refractivity contribution in [2.45, 2.75) is 45.6 Å². The standard InChI is InChI=1S/C22H28N6O2/c1-4-5-11-22(3,14-25-15(2)29)28-20-19-18(26-21(23)27-20)12-17(13-24-19)30-16-9-7-6-8-10-16/h6-10,12-13H,4-5,11,14H2,1-3H3,(H,25,29)(H3,23,26,27,28)/t22-/m1/s1. The Kier molecular flexibility index (Phi) is 6.66. The highest BCUT2D eigenvalue weighted by atomic mass is 16.5. The molecule has 2 heterocycles. The third-order valence-electron chi connectivity index (χ3n) is 4.74. The zero-order chi connectivity index (χ0) is 21.6. The van der Waals surface area contributed by atoms with E-state index in [2.05, 4.69) is 39.4 Å². The Balaban J connectivity index is 1.91. The van der Waals surface area contributed by atoms with Crippen LogP contribution in [0, 0.1) is 0 Å². The van der Waals surface area contributed by atoms with Crippen molar-refractivity contribution in [1.29, 1.82) is 0 Å². The van der Waals surface area contributed by atoms with Gasteiger partial charge in [-0.2, -0.15) is 4.98 Å². The van der Waals surface area contributed by atoms with E-state index in [1.165, 1.54) is 6.92 Å². The molecule has 158 valence electrons. The number of carbonyl (C=O) groups is 1. The quantitative estimate of drug-likeness (QED) is 0.492. The highest BCUT2D eigenvalue weighted by Crippen LogP contribution is 2.28. The predicted molar refractivity (Wildman–Crippen MR) is 118 cm³/mol. The molecule has 3 aromatic rings. The van der Waals surface area contributed by atoms with E-state index in [1.807, 2.05) is 30.3 Å². The molecule has 0 aliphatic rings. The van der Waals surface area contributed by atoms with Crippen molar-refractivity contribution in [3.63, 3.8) is 0 Å². The number of amides is 1. The average molecular weight is 409 g/mol. The van der Waals surface area contributed by atoms with Crippen molar-refractivity contribution in [1.82, 2.24) is 20.3 Å². The van der Waals surface area contributed by atoms with Gasteiger partial charge in [0.1, 0.15) is 22.5 Å². The molecule has 0 aliphatic heterocycles. The lowest BCUT2D eigenvalue weighted by atomic mass is 9.94. The summed E-state index contributed by atoms with van der Waals surface area (Å²) in [5.74, 6) is 1.87. The second kappa shape index (κ2) is 9.39. The van der Waals surface area contributed by atoms with Gasteiger partial charge in [-0.15, -0.1) is 0 Å². The minimum absolute atomic E-state index is 0.0765. The third-order valence-corrected chi connectivity index (χ3v) is 4.74. The molecule has 0 unspecified atom stereocenters. The SMILES string of the molecule is CCCC[C@](C)(CNC(C)=O)Nc1nc(N)nc2cc(Oc3ccccc3)cnc12. The number of benzene rings is 1. The fraction of sp³-hybridized carbons (Fsp3) is 0.364. The molecule has 0 saturated carbocycles. The summed E-state index contributed by atoms with van der Waals surface area (Å²) in [7, 11) is 0. The molecule has 0 radical (unpaired) electrons. The lowest BCUT2D eigenvalue weighted by molar-refractivity contribution is -0.119. The molecule has 8 nitrogen and oxygen atoms in total. The van der Waals surface area contributed by atoms with Gasteiger partial charge < -0.3 is 21.1 Å². The van der Waals surface area contributed by atoms with Gasteiger partial charge >= 0.3 is 0 Å². The highest BCUT2D eigenvalue weighted by Gasteiger charge is 2.26. The molecular weight excluding hydrogens is 380 g/mol. The number of nitrogens with one attached hydrogen (secondary N) is 2. The van der Waals surface area contributed by atoms with Crippen LogP contribution < -0.4 is 21.1 Å². The number of rotatable bonds is 9. The fourth-order valence-corrected chi connectivity index (χ4v) is 3.15. The van der Waals surface area contributed by atoms with Crippen LogP contribution in [0.5, 0.6) is 11.5 Å². The summed E-state index contributed by atoms with van der Waals surface area (Å²) in [5.41, 5.74) is 6.73. The Morgan fingerprint density at radius 3 is 2.67 bits per heavy atom. The lowest BCUT2D eigenvalue weighted by Gasteiger charge is -2.32. The topological polar surface area (TPSA) is 115 Å². The Bertz CT molecular complexity index is 1010. The van der Waals surface area contributed by atoms with Gasteiger partial charge in [0.2, 0.25) is 11.9 Å². The van der Waals surface area contributed by atoms with Crippen molar-refractivity contribution in [2.24, 2.45) is 0 Å². The third kappa shape index (κ3) is 5.56. The van der Waals surface area contributed by atoms with Crippen LogP contribution in [0.4, 0.5) is 11.8 Å². The number of hydrogen-bond acceptors (Lipinski definition) is 7. The summed E-state index contributed by atoms with van der Waals surface area (Å²) < 4.78 is 5.85. The van der Waals surface area contributed by atoms with Crippen LogP contribution in [0.25, 0.3) is 11.0 Å². The van der Waals surface area contributed by atoms with Crippen LogP contribution in [0.2, 0.25) is 0 Å². The summed E-state index contributed by atoms with van der Waals surface area (Å²) in [5, 5.41) is 6.35.